The van der Waals surface area contributed by atoms with Crippen molar-refractivity contribution in [3.8, 4) is 89.4 Å². The number of rotatable bonds is 8. The molecule has 11 aromatic carbocycles. The van der Waals surface area contributed by atoms with Crippen LogP contribution in [0.5, 0.6) is 0 Å². The highest BCUT2D eigenvalue weighted by molar-refractivity contribution is 6.27. The number of hydrogen-bond donors (Lipinski definition) is 0. The van der Waals surface area contributed by atoms with E-state index in [1.165, 1.54) is 32.7 Å². The second kappa shape index (κ2) is 16.5. The van der Waals surface area contributed by atoms with Crippen molar-refractivity contribution in [2.24, 2.45) is 0 Å². The summed E-state index contributed by atoms with van der Waals surface area (Å²) in [5.41, 5.74) is 16.5. The van der Waals surface area contributed by atoms with Crippen molar-refractivity contribution in [2.75, 3.05) is 0 Å². The molecule has 318 valence electrons. The van der Waals surface area contributed by atoms with Gasteiger partial charge in [-0.2, -0.15) is 0 Å². The van der Waals surface area contributed by atoms with E-state index in [-0.39, 0.29) is 0 Å². The van der Waals surface area contributed by atoms with Gasteiger partial charge in [0.25, 0.3) is 0 Å². The van der Waals surface area contributed by atoms with Crippen molar-refractivity contribution in [1.29, 1.82) is 0 Å². The van der Waals surface area contributed by atoms with Gasteiger partial charge in [0.2, 0.25) is 0 Å². The van der Waals surface area contributed by atoms with E-state index in [9.17, 15) is 0 Å². The molecular formula is C66H42O2. The van der Waals surface area contributed by atoms with Gasteiger partial charge >= 0.3 is 0 Å². The predicted octanol–water partition coefficient (Wildman–Crippen LogP) is 18.8. The lowest BCUT2D eigenvalue weighted by molar-refractivity contribution is 0.630. The van der Waals surface area contributed by atoms with Crippen LogP contribution in [0.25, 0.3) is 133 Å². The lowest BCUT2D eigenvalue weighted by atomic mass is 9.85. The second-order valence-corrected chi connectivity index (χ2v) is 17.4. The number of fused-ring (bicyclic) bond motifs is 4. The molecule has 0 spiro atoms. The first kappa shape index (κ1) is 39.4. The van der Waals surface area contributed by atoms with Gasteiger partial charge in [-0.25, -0.2) is 0 Å². The third-order valence-electron chi connectivity index (χ3n) is 13.5. The molecule has 2 heterocycles. The average molecular weight is 867 g/mol. The van der Waals surface area contributed by atoms with Crippen molar-refractivity contribution in [3.63, 3.8) is 0 Å². The summed E-state index contributed by atoms with van der Waals surface area (Å²) in [6.45, 7) is 0. The van der Waals surface area contributed by atoms with Crippen LogP contribution in [0.3, 0.4) is 0 Å². The average Bonchev–Trinajstić information content (AvgIpc) is 4.01. The summed E-state index contributed by atoms with van der Waals surface area (Å²) in [5.74, 6) is 1.62. The second-order valence-electron chi connectivity index (χ2n) is 17.4. The van der Waals surface area contributed by atoms with E-state index < -0.39 is 0 Å². The van der Waals surface area contributed by atoms with Crippen molar-refractivity contribution >= 4 is 43.5 Å². The number of furan rings is 2. The maximum Gasteiger partial charge on any atom is 0.144 e. The summed E-state index contributed by atoms with van der Waals surface area (Å²) in [4.78, 5) is 0. The first-order valence-electron chi connectivity index (χ1n) is 23.2. The van der Waals surface area contributed by atoms with Crippen molar-refractivity contribution < 1.29 is 8.83 Å². The molecule has 13 aromatic rings. The minimum Gasteiger partial charge on any atom is -0.455 e. The van der Waals surface area contributed by atoms with Crippen LogP contribution in [-0.4, -0.2) is 0 Å². The molecule has 2 aromatic heterocycles. The van der Waals surface area contributed by atoms with Gasteiger partial charge in [-0.05, 0) is 66.1 Å². The Labute approximate surface area is 394 Å². The molecule has 0 N–H and O–H groups in total. The SMILES string of the molecule is c1ccc(-c2oc3c(-c4ccc(-c5cccc6ccccc56)cc4)c4c(-c5ccccc5)c(-c5ccccc5)oc4c(-c4ccc(-c5cccc6ccccc56)cc4)c3c2-c2ccccc2)cc1. The Kier molecular flexibility index (Phi) is 9.54. The van der Waals surface area contributed by atoms with Crippen LogP contribution < -0.4 is 0 Å². The van der Waals surface area contributed by atoms with Gasteiger partial charge in [0.1, 0.15) is 22.7 Å². The number of benzene rings is 11. The first-order valence-corrected chi connectivity index (χ1v) is 23.2. The molecular weight excluding hydrogens is 825 g/mol. The highest BCUT2D eigenvalue weighted by atomic mass is 16.3. The first-order chi connectivity index (χ1) is 33.8. The zero-order valence-electron chi connectivity index (χ0n) is 37.1. The molecule has 0 aliphatic rings. The highest BCUT2D eigenvalue weighted by Crippen LogP contribution is 2.56. The molecule has 2 nitrogen and oxygen atoms in total. The summed E-state index contributed by atoms with van der Waals surface area (Å²) in [7, 11) is 0. The molecule has 0 aliphatic heterocycles. The monoisotopic (exact) mass is 866 g/mol. The summed E-state index contributed by atoms with van der Waals surface area (Å²) in [5, 5.41) is 6.89. The molecule has 0 fully saturated rings. The van der Waals surface area contributed by atoms with Gasteiger partial charge < -0.3 is 8.83 Å². The van der Waals surface area contributed by atoms with E-state index in [2.05, 4.69) is 255 Å². The molecule has 13 rings (SSSR count). The van der Waals surface area contributed by atoms with E-state index in [0.717, 1.165) is 100 Å². The maximum atomic E-state index is 7.57. The fraction of sp³-hybridized carbons (Fsp3) is 0. The van der Waals surface area contributed by atoms with Gasteiger partial charge in [0.15, 0.2) is 0 Å². The third-order valence-corrected chi connectivity index (χ3v) is 13.5. The maximum absolute atomic E-state index is 7.57. The Morgan fingerprint density at radius 3 is 0.882 bits per heavy atom. The molecule has 0 aliphatic carbocycles. The van der Waals surface area contributed by atoms with Gasteiger partial charge in [-0.3, -0.25) is 0 Å². The summed E-state index contributed by atoms with van der Waals surface area (Å²) in [6, 6.07) is 90.8. The van der Waals surface area contributed by atoms with Crippen LogP contribution in [0.15, 0.2) is 264 Å². The largest absolute Gasteiger partial charge is 0.455 e. The molecule has 0 atom stereocenters. The smallest absolute Gasteiger partial charge is 0.144 e. The van der Waals surface area contributed by atoms with E-state index in [4.69, 9.17) is 8.83 Å². The lowest BCUT2D eigenvalue weighted by Gasteiger charge is -2.15. The van der Waals surface area contributed by atoms with Crippen molar-refractivity contribution in [3.05, 3.63) is 255 Å². The topological polar surface area (TPSA) is 26.3 Å². The Morgan fingerprint density at radius 2 is 0.500 bits per heavy atom. The highest BCUT2D eigenvalue weighted by Gasteiger charge is 2.32. The van der Waals surface area contributed by atoms with Crippen molar-refractivity contribution in [1.82, 2.24) is 0 Å². The molecule has 0 saturated carbocycles. The van der Waals surface area contributed by atoms with Crippen LogP contribution in [-0.2, 0) is 0 Å². The van der Waals surface area contributed by atoms with Gasteiger partial charge in [0, 0.05) is 44.2 Å². The summed E-state index contributed by atoms with van der Waals surface area (Å²) < 4.78 is 15.1. The van der Waals surface area contributed by atoms with Crippen LogP contribution in [0.1, 0.15) is 0 Å². The normalized spacial score (nSPS) is 11.5. The zero-order valence-corrected chi connectivity index (χ0v) is 37.1. The van der Waals surface area contributed by atoms with Crippen molar-refractivity contribution in [2.45, 2.75) is 0 Å². The fourth-order valence-electron chi connectivity index (χ4n) is 10.4. The Hall–Kier alpha value is -8.98. The van der Waals surface area contributed by atoms with E-state index >= 15 is 0 Å². The molecule has 0 saturated heterocycles. The van der Waals surface area contributed by atoms with Crippen LogP contribution in [0, 0.1) is 0 Å². The van der Waals surface area contributed by atoms with E-state index in [1.807, 2.05) is 0 Å². The van der Waals surface area contributed by atoms with Crippen LogP contribution in [0.4, 0.5) is 0 Å². The van der Waals surface area contributed by atoms with Crippen LogP contribution >= 0.6 is 0 Å². The number of hydrogen-bond acceptors (Lipinski definition) is 2. The minimum atomic E-state index is 0.804. The molecule has 2 heteroatoms. The van der Waals surface area contributed by atoms with Gasteiger partial charge in [-0.1, -0.05) is 255 Å². The fourth-order valence-corrected chi connectivity index (χ4v) is 10.4. The molecule has 0 unspecified atom stereocenters. The molecule has 0 amide bonds. The van der Waals surface area contributed by atoms with Crippen LogP contribution in [0.2, 0.25) is 0 Å². The minimum absolute atomic E-state index is 0.804. The molecule has 0 bridgehead atoms. The van der Waals surface area contributed by atoms with E-state index in [0.29, 0.717) is 0 Å². The Balaban J connectivity index is 1.18. The Morgan fingerprint density at radius 1 is 0.206 bits per heavy atom. The Bertz CT molecular complexity index is 3680. The van der Waals surface area contributed by atoms with Gasteiger partial charge in [0.05, 0.1) is 0 Å². The quantitative estimate of drug-likeness (QED) is 0.152. The third kappa shape index (κ3) is 6.57. The molecule has 68 heavy (non-hydrogen) atoms. The lowest BCUT2D eigenvalue weighted by Crippen LogP contribution is -1.91. The zero-order chi connectivity index (χ0) is 45.0. The predicted molar refractivity (Wildman–Crippen MR) is 284 cm³/mol. The molecule has 0 radical (unpaired) electrons. The summed E-state index contributed by atoms with van der Waals surface area (Å²) >= 11 is 0. The summed E-state index contributed by atoms with van der Waals surface area (Å²) in [6.07, 6.45) is 0. The van der Waals surface area contributed by atoms with Gasteiger partial charge in [-0.15, -0.1) is 0 Å². The van der Waals surface area contributed by atoms with E-state index in [1.54, 1.807) is 0 Å². The standard InChI is InChI=1S/C66H42O2/c1-5-21-47(22-6-1)57-61-59(49-39-35-45(36-40-49)55-33-17-29-43-19-13-15-31-53(43)55)66-62(58(48-23-7-2-8-24-48)64(68-66)52-27-11-4-12-28-52)60(65(61)67-63(57)51-25-9-3-10-26-51)50-41-37-46(38-42-50)56-34-18-30-44-20-14-16-32-54(44)56/h1-42H.